The van der Waals surface area contributed by atoms with E-state index in [9.17, 15) is 15.3 Å². The third-order valence-corrected chi connectivity index (χ3v) is 4.20. The van der Waals surface area contributed by atoms with E-state index in [1.165, 1.54) is 11.8 Å². The third kappa shape index (κ3) is 3.24. The zero-order valence-electron chi connectivity index (χ0n) is 10.5. The van der Waals surface area contributed by atoms with Crippen molar-refractivity contribution in [1.29, 1.82) is 0 Å². The van der Waals surface area contributed by atoms with Crippen molar-refractivity contribution in [1.82, 2.24) is 0 Å². The van der Waals surface area contributed by atoms with Crippen LogP contribution < -0.4 is 0 Å². The third-order valence-electron chi connectivity index (χ3n) is 3.03. The molecule has 20 heavy (non-hydrogen) atoms. The Morgan fingerprint density at radius 1 is 1.25 bits per heavy atom. The molecule has 1 aliphatic heterocycles. The smallest absolute Gasteiger partial charge is 0.119 e. The first-order valence-corrected chi connectivity index (χ1v) is 6.93. The quantitative estimate of drug-likeness (QED) is 0.433. The van der Waals surface area contributed by atoms with Crippen LogP contribution in [0.25, 0.3) is 10.4 Å². The van der Waals surface area contributed by atoms with E-state index in [-0.39, 0.29) is 0 Å². The number of rotatable bonds is 4. The summed E-state index contributed by atoms with van der Waals surface area (Å²) in [6.45, 7) is -0.424. The highest BCUT2D eigenvalue weighted by Crippen LogP contribution is 2.34. The van der Waals surface area contributed by atoms with Gasteiger partial charge >= 0.3 is 0 Å². The van der Waals surface area contributed by atoms with Crippen LogP contribution in [0, 0.1) is 0 Å². The average molecular weight is 297 g/mol. The highest BCUT2D eigenvalue weighted by atomic mass is 32.2. The van der Waals surface area contributed by atoms with Gasteiger partial charge in [0.15, 0.2) is 0 Å². The predicted molar refractivity (Wildman–Crippen MR) is 73.0 cm³/mol. The number of hydrogen-bond acceptors (Lipinski definition) is 6. The molecule has 0 spiro atoms. The van der Waals surface area contributed by atoms with Crippen LogP contribution in [0.2, 0.25) is 0 Å². The van der Waals surface area contributed by atoms with Gasteiger partial charge in [0.05, 0.1) is 12.7 Å². The van der Waals surface area contributed by atoms with E-state index in [1.54, 1.807) is 0 Å². The second kappa shape index (κ2) is 6.94. The lowest BCUT2D eigenvalue weighted by atomic mass is 9.99. The molecule has 0 aliphatic carbocycles. The number of benzene rings is 1. The number of thioether (sulfide) groups is 1. The Labute approximate surface area is 119 Å². The fourth-order valence-corrected chi connectivity index (χ4v) is 3.12. The van der Waals surface area contributed by atoms with Gasteiger partial charge in [-0.25, -0.2) is 0 Å². The van der Waals surface area contributed by atoms with E-state index in [2.05, 4.69) is 10.0 Å². The second-order valence-electron chi connectivity index (χ2n) is 4.33. The molecule has 7 nitrogen and oxygen atoms in total. The second-order valence-corrected chi connectivity index (χ2v) is 5.50. The van der Waals surface area contributed by atoms with Crippen LogP contribution in [0.1, 0.15) is 0 Å². The molecule has 2 rings (SSSR count). The largest absolute Gasteiger partial charge is 0.394 e. The van der Waals surface area contributed by atoms with Crippen molar-refractivity contribution < 1.29 is 20.1 Å². The summed E-state index contributed by atoms with van der Waals surface area (Å²) >= 11 is 1.27. The first-order chi connectivity index (χ1) is 9.67. The highest BCUT2D eigenvalue weighted by molar-refractivity contribution is 7.99. The van der Waals surface area contributed by atoms with Gasteiger partial charge in [0, 0.05) is 9.81 Å². The predicted octanol–water partition coefficient (Wildman–Crippen LogP) is 0.897. The molecule has 8 heteroatoms. The molecule has 0 radical (unpaired) electrons. The van der Waals surface area contributed by atoms with Crippen LogP contribution in [0.4, 0.5) is 0 Å². The van der Waals surface area contributed by atoms with Gasteiger partial charge in [-0.15, -0.1) is 0 Å². The zero-order valence-corrected chi connectivity index (χ0v) is 11.3. The lowest BCUT2D eigenvalue weighted by molar-refractivity contribution is -0.165. The van der Waals surface area contributed by atoms with Gasteiger partial charge in [-0.3, -0.25) is 0 Å². The van der Waals surface area contributed by atoms with Crippen molar-refractivity contribution in [3.05, 3.63) is 40.8 Å². The highest BCUT2D eigenvalue weighted by Gasteiger charge is 2.44. The van der Waals surface area contributed by atoms with Gasteiger partial charge in [0.1, 0.15) is 23.7 Å². The Kier molecular flexibility index (Phi) is 5.24. The number of aliphatic hydroxyl groups is 3. The van der Waals surface area contributed by atoms with Crippen LogP contribution in [-0.2, 0) is 4.74 Å². The van der Waals surface area contributed by atoms with Crippen LogP contribution in [0.5, 0.6) is 0 Å². The van der Waals surface area contributed by atoms with Crippen molar-refractivity contribution in [3.63, 3.8) is 0 Å². The number of azide groups is 1. The first-order valence-electron chi connectivity index (χ1n) is 6.05. The molecule has 1 saturated heterocycles. The van der Waals surface area contributed by atoms with Gasteiger partial charge in [-0.05, 0) is 17.7 Å². The zero-order chi connectivity index (χ0) is 14.5. The molecule has 1 fully saturated rings. The SMILES string of the molecule is [N-]=[N+]=N[C@@H]1C(Sc2ccccc2)OC(CO)[C@@H](O)C1O. The maximum Gasteiger partial charge on any atom is 0.119 e. The molecule has 0 saturated carbocycles. The van der Waals surface area contributed by atoms with Crippen LogP contribution >= 0.6 is 11.8 Å². The van der Waals surface area contributed by atoms with E-state index >= 15 is 0 Å². The molecule has 1 aliphatic rings. The maximum absolute atomic E-state index is 10.00. The summed E-state index contributed by atoms with van der Waals surface area (Å²) in [7, 11) is 0. The van der Waals surface area contributed by atoms with E-state index in [0.29, 0.717) is 0 Å². The molecule has 1 aromatic carbocycles. The van der Waals surface area contributed by atoms with Gasteiger partial charge in [0.2, 0.25) is 0 Å². The normalized spacial score (nSPS) is 33.5. The number of ether oxygens (including phenoxy) is 1. The Morgan fingerprint density at radius 2 is 1.95 bits per heavy atom. The molecule has 1 aromatic rings. The fraction of sp³-hybridized carbons (Fsp3) is 0.500. The van der Waals surface area contributed by atoms with Gasteiger partial charge in [-0.2, -0.15) is 0 Å². The Morgan fingerprint density at radius 3 is 2.55 bits per heavy atom. The summed E-state index contributed by atoms with van der Waals surface area (Å²) in [6, 6.07) is 8.35. The molecule has 108 valence electrons. The summed E-state index contributed by atoms with van der Waals surface area (Å²) in [5, 5.41) is 32.5. The van der Waals surface area contributed by atoms with Crippen molar-refractivity contribution in [2.75, 3.05) is 6.61 Å². The van der Waals surface area contributed by atoms with E-state index in [4.69, 9.17) is 10.3 Å². The standard InChI is InChI=1S/C12H15N3O4S/c13-15-14-9-11(18)10(17)8(6-16)19-12(9)20-7-4-2-1-3-5-7/h1-5,8-12,16-18H,6H2/t8?,9-,10+,11?,12?/m0/s1. The fourth-order valence-electron chi connectivity index (χ4n) is 1.98. The lowest BCUT2D eigenvalue weighted by Gasteiger charge is -2.40. The molecule has 0 amide bonds. The lowest BCUT2D eigenvalue weighted by Crippen LogP contribution is -2.56. The molecule has 1 heterocycles. The Hall–Kier alpha value is -1.28. The molecular formula is C12H15N3O4S. The molecular weight excluding hydrogens is 282 g/mol. The van der Waals surface area contributed by atoms with E-state index < -0.39 is 36.4 Å². The molecule has 0 bridgehead atoms. The molecule has 0 aromatic heterocycles. The van der Waals surface area contributed by atoms with Crippen molar-refractivity contribution >= 4 is 11.8 Å². The Balaban J connectivity index is 2.20. The summed E-state index contributed by atoms with van der Waals surface area (Å²) in [4.78, 5) is 3.56. The summed E-state index contributed by atoms with van der Waals surface area (Å²) < 4.78 is 5.53. The van der Waals surface area contributed by atoms with Crippen LogP contribution in [0.3, 0.4) is 0 Å². The minimum Gasteiger partial charge on any atom is -0.394 e. The minimum absolute atomic E-state index is 0.424. The van der Waals surface area contributed by atoms with Crippen LogP contribution in [0.15, 0.2) is 40.3 Å². The van der Waals surface area contributed by atoms with Crippen LogP contribution in [-0.4, -0.2) is 51.7 Å². The van der Waals surface area contributed by atoms with Gasteiger partial charge < -0.3 is 20.1 Å². The maximum atomic E-state index is 10.00. The monoisotopic (exact) mass is 297 g/mol. The molecule has 3 unspecified atom stereocenters. The van der Waals surface area contributed by atoms with E-state index in [0.717, 1.165) is 4.90 Å². The number of aliphatic hydroxyl groups excluding tert-OH is 3. The van der Waals surface area contributed by atoms with Crippen molar-refractivity contribution in [3.8, 4) is 0 Å². The topological polar surface area (TPSA) is 119 Å². The van der Waals surface area contributed by atoms with Crippen molar-refractivity contribution in [2.45, 2.75) is 34.7 Å². The summed E-state index contributed by atoms with van der Waals surface area (Å²) in [5.41, 5.74) is 7.90. The molecule has 3 N–H and O–H groups in total. The van der Waals surface area contributed by atoms with Crippen molar-refractivity contribution in [2.24, 2.45) is 5.11 Å². The summed E-state index contributed by atoms with van der Waals surface area (Å²) in [5.74, 6) is 0. The van der Waals surface area contributed by atoms with Gasteiger partial charge in [0.25, 0.3) is 0 Å². The number of hydrogen-bond donors (Lipinski definition) is 3. The van der Waals surface area contributed by atoms with Gasteiger partial charge in [-0.1, -0.05) is 35.1 Å². The molecule has 5 atom stereocenters. The first kappa shape index (κ1) is 15.1. The Bertz CT molecular complexity index is 483. The minimum atomic E-state index is -1.29. The average Bonchev–Trinajstić information content (AvgIpc) is 2.47. The summed E-state index contributed by atoms with van der Waals surface area (Å²) in [6.07, 6.45) is -3.47. The number of nitrogens with zero attached hydrogens (tertiary/aromatic N) is 3. The van der Waals surface area contributed by atoms with E-state index in [1.807, 2.05) is 30.3 Å².